The maximum absolute atomic E-state index is 12.4. The molecule has 1 aromatic carbocycles. The van der Waals surface area contributed by atoms with Gasteiger partial charge in [0.1, 0.15) is 0 Å². The van der Waals surface area contributed by atoms with Gasteiger partial charge in [-0.05, 0) is 31.0 Å². The number of amides is 2. The zero-order valence-electron chi connectivity index (χ0n) is 13.8. The zero-order chi connectivity index (χ0) is 17.3. The standard InChI is InChI=1S/C17H21N3O3S/c1-10(2)15-19-13-6-5-12(8-14(13)24-15)18-17(23)20-7-3-4-11(9-20)16(21)22/h5-6,8,10-11H,3-4,7,9H2,1-2H3,(H,18,23)(H,21,22). The molecule has 1 aliphatic heterocycles. The predicted molar refractivity (Wildman–Crippen MR) is 94.7 cm³/mol. The summed E-state index contributed by atoms with van der Waals surface area (Å²) >= 11 is 1.63. The number of fused-ring (bicyclic) bond motifs is 1. The Morgan fingerprint density at radius 1 is 1.42 bits per heavy atom. The Morgan fingerprint density at radius 3 is 2.92 bits per heavy atom. The van der Waals surface area contributed by atoms with Crippen molar-refractivity contribution in [2.24, 2.45) is 5.92 Å². The fourth-order valence-electron chi connectivity index (χ4n) is 2.83. The minimum absolute atomic E-state index is 0.242. The molecule has 2 amide bonds. The summed E-state index contributed by atoms with van der Waals surface area (Å²) in [6, 6.07) is 5.43. The molecule has 0 spiro atoms. The van der Waals surface area contributed by atoms with Gasteiger partial charge in [0, 0.05) is 24.7 Å². The van der Waals surface area contributed by atoms with Crippen LogP contribution in [0.4, 0.5) is 10.5 Å². The van der Waals surface area contributed by atoms with Crippen LogP contribution in [0.15, 0.2) is 18.2 Å². The van der Waals surface area contributed by atoms with Crippen LogP contribution >= 0.6 is 11.3 Å². The van der Waals surface area contributed by atoms with Gasteiger partial charge < -0.3 is 15.3 Å². The lowest BCUT2D eigenvalue weighted by molar-refractivity contribution is -0.143. The Hall–Kier alpha value is -2.15. The number of likely N-dealkylation sites (tertiary alicyclic amines) is 1. The van der Waals surface area contributed by atoms with Gasteiger partial charge in [-0.25, -0.2) is 9.78 Å². The van der Waals surface area contributed by atoms with Crippen LogP contribution in [0.25, 0.3) is 10.2 Å². The molecule has 0 aliphatic carbocycles. The van der Waals surface area contributed by atoms with Crippen molar-refractivity contribution in [2.45, 2.75) is 32.6 Å². The number of carbonyl (C=O) groups excluding carboxylic acids is 1. The van der Waals surface area contributed by atoms with Crippen molar-refractivity contribution >= 4 is 39.2 Å². The van der Waals surface area contributed by atoms with Gasteiger partial charge >= 0.3 is 12.0 Å². The van der Waals surface area contributed by atoms with Crippen LogP contribution < -0.4 is 5.32 Å². The highest BCUT2D eigenvalue weighted by Gasteiger charge is 2.28. The van der Waals surface area contributed by atoms with Gasteiger partial charge in [-0.15, -0.1) is 11.3 Å². The van der Waals surface area contributed by atoms with Crippen molar-refractivity contribution in [3.05, 3.63) is 23.2 Å². The number of nitrogens with zero attached hydrogens (tertiary/aromatic N) is 2. The molecule has 1 aromatic heterocycles. The summed E-state index contributed by atoms with van der Waals surface area (Å²) in [6.45, 7) is 5.07. The molecule has 0 saturated carbocycles. The number of carboxylic acid groups (broad SMARTS) is 1. The fourth-order valence-corrected chi connectivity index (χ4v) is 3.84. The third-order valence-electron chi connectivity index (χ3n) is 4.21. The summed E-state index contributed by atoms with van der Waals surface area (Å²) in [5.74, 6) is -0.927. The van der Waals surface area contributed by atoms with E-state index >= 15 is 0 Å². The second-order valence-corrected chi connectivity index (χ2v) is 7.51. The number of benzene rings is 1. The summed E-state index contributed by atoms with van der Waals surface area (Å²) < 4.78 is 1.04. The molecule has 1 aliphatic rings. The average Bonchev–Trinajstić information content (AvgIpc) is 2.98. The third kappa shape index (κ3) is 3.51. The van der Waals surface area contributed by atoms with Gasteiger partial charge in [-0.3, -0.25) is 4.79 Å². The Kier molecular flexibility index (Phi) is 4.71. The number of hydrogen-bond acceptors (Lipinski definition) is 4. The van der Waals surface area contributed by atoms with Crippen LogP contribution in [0.2, 0.25) is 0 Å². The topological polar surface area (TPSA) is 82.5 Å². The molecule has 2 heterocycles. The van der Waals surface area contributed by atoms with E-state index in [-0.39, 0.29) is 12.6 Å². The molecule has 1 atom stereocenters. The molecule has 2 N–H and O–H groups in total. The Bertz CT molecular complexity index is 772. The minimum atomic E-state index is -0.834. The molecular formula is C17H21N3O3S. The van der Waals surface area contributed by atoms with Crippen LogP contribution in [0.3, 0.4) is 0 Å². The van der Waals surface area contributed by atoms with Crippen molar-refractivity contribution < 1.29 is 14.7 Å². The van der Waals surface area contributed by atoms with E-state index in [1.807, 2.05) is 18.2 Å². The van der Waals surface area contributed by atoms with E-state index in [1.54, 1.807) is 16.2 Å². The third-order valence-corrected chi connectivity index (χ3v) is 5.53. The lowest BCUT2D eigenvalue weighted by Crippen LogP contribution is -2.44. The Balaban J connectivity index is 1.72. The number of anilines is 1. The summed E-state index contributed by atoms with van der Waals surface area (Å²) in [4.78, 5) is 29.7. The Morgan fingerprint density at radius 2 is 2.21 bits per heavy atom. The Labute approximate surface area is 144 Å². The number of thiazole rings is 1. The molecule has 1 unspecified atom stereocenters. The molecule has 0 bridgehead atoms. The minimum Gasteiger partial charge on any atom is -0.481 e. The highest BCUT2D eigenvalue weighted by Crippen LogP contribution is 2.29. The number of carboxylic acids is 1. The van der Waals surface area contributed by atoms with E-state index in [1.165, 1.54) is 0 Å². The summed E-state index contributed by atoms with van der Waals surface area (Å²) in [6.07, 6.45) is 1.35. The summed E-state index contributed by atoms with van der Waals surface area (Å²) in [7, 11) is 0. The summed E-state index contributed by atoms with van der Waals surface area (Å²) in [5, 5.41) is 13.1. The summed E-state index contributed by atoms with van der Waals surface area (Å²) in [5.41, 5.74) is 1.65. The van der Waals surface area contributed by atoms with E-state index < -0.39 is 11.9 Å². The van der Waals surface area contributed by atoms with Gasteiger partial charge in [-0.2, -0.15) is 0 Å². The molecule has 24 heavy (non-hydrogen) atoms. The van der Waals surface area contributed by atoms with E-state index in [4.69, 9.17) is 5.11 Å². The number of hydrogen-bond donors (Lipinski definition) is 2. The van der Waals surface area contributed by atoms with Gasteiger partial charge in [0.25, 0.3) is 0 Å². The van der Waals surface area contributed by atoms with Crippen LogP contribution in [0.5, 0.6) is 0 Å². The number of aromatic nitrogens is 1. The van der Waals surface area contributed by atoms with Crippen molar-refractivity contribution in [1.29, 1.82) is 0 Å². The molecule has 7 heteroatoms. The number of urea groups is 1. The predicted octanol–water partition coefficient (Wildman–Crippen LogP) is 3.75. The molecule has 128 valence electrons. The van der Waals surface area contributed by atoms with Gasteiger partial charge in [-0.1, -0.05) is 13.8 Å². The fraction of sp³-hybridized carbons (Fsp3) is 0.471. The van der Waals surface area contributed by atoms with Crippen LogP contribution in [-0.4, -0.2) is 40.1 Å². The number of piperidine rings is 1. The van der Waals surface area contributed by atoms with Crippen molar-refractivity contribution in [3.8, 4) is 0 Å². The van der Waals surface area contributed by atoms with Gasteiger partial charge in [0.2, 0.25) is 0 Å². The SMILES string of the molecule is CC(C)c1nc2ccc(NC(=O)N3CCCC(C(=O)O)C3)cc2s1. The van der Waals surface area contributed by atoms with Crippen LogP contribution in [0, 0.1) is 5.92 Å². The molecule has 0 radical (unpaired) electrons. The lowest BCUT2D eigenvalue weighted by Gasteiger charge is -2.30. The first-order valence-electron chi connectivity index (χ1n) is 8.13. The van der Waals surface area contributed by atoms with E-state index in [9.17, 15) is 9.59 Å². The van der Waals surface area contributed by atoms with Crippen LogP contribution in [0.1, 0.15) is 37.6 Å². The smallest absolute Gasteiger partial charge is 0.321 e. The highest BCUT2D eigenvalue weighted by atomic mass is 32.1. The van der Waals surface area contributed by atoms with E-state index in [2.05, 4.69) is 24.1 Å². The number of rotatable bonds is 3. The number of aliphatic carboxylic acids is 1. The second-order valence-electron chi connectivity index (χ2n) is 6.44. The first-order chi connectivity index (χ1) is 11.4. The second kappa shape index (κ2) is 6.76. The van der Waals surface area contributed by atoms with E-state index in [0.29, 0.717) is 24.6 Å². The van der Waals surface area contributed by atoms with Gasteiger partial charge in [0.15, 0.2) is 0 Å². The largest absolute Gasteiger partial charge is 0.481 e. The highest BCUT2D eigenvalue weighted by molar-refractivity contribution is 7.18. The monoisotopic (exact) mass is 347 g/mol. The normalized spacial score (nSPS) is 18.1. The molecule has 6 nitrogen and oxygen atoms in total. The maximum Gasteiger partial charge on any atom is 0.321 e. The van der Waals surface area contributed by atoms with Crippen molar-refractivity contribution in [1.82, 2.24) is 9.88 Å². The molecule has 3 rings (SSSR count). The van der Waals surface area contributed by atoms with Crippen molar-refractivity contribution in [3.63, 3.8) is 0 Å². The average molecular weight is 347 g/mol. The van der Waals surface area contributed by atoms with Gasteiger partial charge in [0.05, 0.1) is 21.1 Å². The molecule has 1 saturated heterocycles. The molecule has 1 fully saturated rings. The number of nitrogens with one attached hydrogen (secondary N) is 1. The zero-order valence-corrected chi connectivity index (χ0v) is 14.6. The molecular weight excluding hydrogens is 326 g/mol. The first-order valence-corrected chi connectivity index (χ1v) is 8.95. The maximum atomic E-state index is 12.4. The number of carbonyl (C=O) groups is 2. The lowest BCUT2D eigenvalue weighted by atomic mass is 9.99. The van der Waals surface area contributed by atoms with Crippen LogP contribution in [-0.2, 0) is 4.79 Å². The quantitative estimate of drug-likeness (QED) is 0.886. The van der Waals surface area contributed by atoms with E-state index in [0.717, 1.165) is 21.6 Å². The molecule has 2 aromatic rings. The van der Waals surface area contributed by atoms with Crippen molar-refractivity contribution in [2.75, 3.05) is 18.4 Å². The first kappa shape index (κ1) is 16.7.